The average Bonchev–Trinajstić information content (AvgIpc) is 2.53. The summed E-state index contributed by atoms with van der Waals surface area (Å²) in [5.41, 5.74) is 8.95. The lowest BCUT2D eigenvalue weighted by molar-refractivity contribution is 0.460. The molecule has 3 nitrogen and oxygen atoms in total. The van der Waals surface area contributed by atoms with E-state index in [1.807, 2.05) is 13.0 Å². The van der Waals surface area contributed by atoms with Crippen molar-refractivity contribution in [1.29, 1.82) is 0 Å². The first-order valence-electron chi connectivity index (χ1n) is 5.40. The number of aromatic hydroxyl groups is 1. The number of hydrogen-bond acceptors (Lipinski definition) is 3. The fraction of sp³-hybridized carbons (Fsp3) is 0.500. The molecule has 15 heavy (non-hydrogen) atoms. The second-order valence-electron chi connectivity index (χ2n) is 4.42. The third-order valence-corrected chi connectivity index (χ3v) is 2.99. The smallest absolute Gasteiger partial charge is 0.124 e. The number of phenols is 1. The highest BCUT2D eigenvalue weighted by Crippen LogP contribution is 2.36. The van der Waals surface area contributed by atoms with Crippen LogP contribution in [0, 0.1) is 0 Å². The summed E-state index contributed by atoms with van der Waals surface area (Å²) in [6.45, 7) is 2.95. The van der Waals surface area contributed by atoms with E-state index in [1.54, 1.807) is 0 Å². The molecule has 82 valence electrons. The van der Waals surface area contributed by atoms with Crippen LogP contribution in [0.4, 0.5) is 5.69 Å². The Balaban J connectivity index is 2.37. The maximum Gasteiger partial charge on any atom is 0.124 e. The summed E-state index contributed by atoms with van der Waals surface area (Å²) in [5, 5.41) is 10.1. The minimum absolute atomic E-state index is 0.0908. The molecule has 1 heterocycles. The Morgan fingerprint density at radius 1 is 1.53 bits per heavy atom. The summed E-state index contributed by atoms with van der Waals surface area (Å²) in [6.07, 6.45) is 1.67. The number of phenolic OH excluding ortho intramolecular Hbond substituents is 1. The van der Waals surface area contributed by atoms with Gasteiger partial charge in [-0.25, -0.2) is 0 Å². The summed E-state index contributed by atoms with van der Waals surface area (Å²) < 4.78 is 0. The lowest BCUT2D eigenvalue weighted by Gasteiger charge is -2.14. The van der Waals surface area contributed by atoms with Crippen molar-refractivity contribution in [2.24, 2.45) is 5.73 Å². The van der Waals surface area contributed by atoms with Gasteiger partial charge < -0.3 is 15.7 Å². The Morgan fingerprint density at radius 2 is 2.27 bits per heavy atom. The second-order valence-corrected chi connectivity index (χ2v) is 4.42. The van der Waals surface area contributed by atoms with Gasteiger partial charge in [0.25, 0.3) is 0 Å². The fourth-order valence-corrected chi connectivity index (χ4v) is 2.19. The van der Waals surface area contributed by atoms with E-state index in [4.69, 9.17) is 5.73 Å². The molecule has 1 aromatic rings. The van der Waals surface area contributed by atoms with Gasteiger partial charge in [0.15, 0.2) is 0 Å². The fourth-order valence-electron chi connectivity index (χ4n) is 2.19. The average molecular weight is 206 g/mol. The van der Waals surface area contributed by atoms with Crippen LogP contribution >= 0.6 is 0 Å². The van der Waals surface area contributed by atoms with E-state index in [0.29, 0.717) is 5.75 Å². The molecule has 3 N–H and O–H groups in total. The van der Waals surface area contributed by atoms with Crippen molar-refractivity contribution in [3.63, 3.8) is 0 Å². The summed E-state index contributed by atoms with van der Waals surface area (Å²) in [7, 11) is 2.05. The zero-order valence-electron chi connectivity index (χ0n) is 9.33. The van der Waals surface area contributed by atoms with Crippen molar-refractivity contribution in [3.8, 4) is 5.75 Å². The molecule has 0 spiro atoms. The van der Waals surface area contributed by atoms with Crippen LogP contribution in [0.2, 0.25) is 0 Å². The summed E-state index contributed by atoms with van der Waals surface area (Å²) in [5.74, 6) is 0.453. The van der Waals surface area contributed by atoms with Crippen LogP contribution in [-0.2, 0) is 12.8 Å². The minimum Gasteiger partial charge on any atom is -0.507 e. The molecule has 0 aromatic heterocycles. The van der Waals surface area contributed by atoms with Gasteiger partial charge in [-0.15, -0.1) is 0 Å². The molecule has 3 heteroatoms. The zero-order valence-corrected chi connectivity index (χ0v) is 9.33. The standard InChI is InChI=1S/C12H18N2O/c1-8(13)7-9-3-4-11-10(12(9)15)5-6-14(11)2/h3-4,8,15H,5-7,13H2,1-2H3. The third kappa shape index (κ3) is 1.79. The van der Waals surface area contributed by atoms with Crippen LogP contribution in [-0.4, -0.2) is 24.7 Å². The first-order valence-corrected chi connectivity index (χ1v) is 5.40. The normalized spacial score (nSPS) is 16.6. The highest BCUT2D eigenvalue weighted by Gasteiger charge is 2.21. The lowest BCUT2D eigenvalue weighted by Crippen LogP contribution is -2.18. The molecular formula is C12H18N2O. The Bertz CT molecular complexity index is 374. The maximum atomic E-state index is 10.1. The van der Waals surface area contributed by atoms with Gasteiger partial charge in [-0.2, -0.15) is 0 Å². The molecule has 0 saturated heterocycles. The van der Waals surface area contributed by atoms with Crippen LogP contribution < -0.4 is 10.6 Å². The molecule has 0 aliphatic carbocycles. The molecule has 1 atom stereocenters. The molecule has 0 amide bonds. The van der Waals surface area contributed by atoms with Gasteiger partial charge in [-0.05, 0) is 31.4 Å². The molecule has 1 aliphatic heterocycles. The summed E-state index contributed by atoms with van der Waals surface area (Å²) in [6, 6.07) is 4.16. The lowest BCUT2D eigenvalue weighted by atomic mass is 10.0. The Morgan fingerprint density at radius 3 is 2.93 bits per heavy atom. The molecule has 0 bridgehead atoms. The van der Waals surface area contributed by atoms with Gasteiger partial charge in [0, 0.05) is 30.9 Å². The second kappa shape index (κ2) is 3.74. The molecule has 0 fully saturated rings. The van der Waals surface area contributed by atoms with Crippen LogP contribution in [0.15, 0.2) is 12.1 Å². The third-order valence-electron chi connectivity index (χ3n) is 2.99. The van der Waals surface area contributed by atoms with Crippen LogP contribution in [0.3, 0.4) is 0 Å². The highest BCUT2D eigenvalue weighted by atomic mass is 16.3. The zero-order chi connectivity index (χ0) is 11.0. The maximum absolute atomic E-state index is 10.1. The number of anilines is 1. The molecular weight excluding hydrogens is 188 g/mol. The summed E-state index contributed by atoms with van der Waals surface area (Å²) >= 11 is 0. The molecule has 2 rings (SSSR count). The van der Waals surface area contributed by atoms with Crippen molar-refractivity contribution in [3.05, 3.63) is 23.3 Å². The van der Waals surface area contributed by atoms with Crippen molar-refractivity contribution in [2.45, 2.75) is 25.8 Å². The molecule has 1 unspecified atom stereocenters. The van der Waals surface area contributed by atoms with Crippen LogP contribution in [0.5, 0.6) is 5.75 Å². The number of fused-ring (bicyclic) bond motifs is 1. The van der Waals surface area contributed by atoms with Gasteiger partial charge >= 0.3 is 0 Å². The monoisotopic (exact) mass is 206 g/mol. The van der Waals surface area contributed by atoms with Crippen molar-refractivity contribution in [1.82, 2.24) is 0 Å². The number of benzene rings is 1. The van der Waals surface area contributed by atoms with Crippen molar-refractivity contribution >= 4 is 5.69 Å². The van der Waals surface area contributed by atoms with E-state index < -0.39 is 0 Å². The quantitative estimate of drug-likeness (QED) is 0.766. The Hall–Kier alpha value is -1.22. The largest absolute Gasteiger partial charge is 0.507 e. The predicted octanol–water partition coefficient (Wildman–Crippen LogP) is 1.27. The number of rotatable bonds is 2. The number of likely N-dealkylation sites (N-methyl/N-ethyl adjacent to an activating group) is 1. The van der Waals surface area contributed by atoms with Crippen LogP contribution in [0.25, 0.3) is 0 Å². The topological polar surface area (TPSA) is 49.5 Å². The van der Waals surface area contributed by atoms with Gasteiger partial charge in [0.1, 0.15) is 5.75 Å². The first kappa shape index (κ1) is 10.3. The van der Waals surface area contributed by atoms with E-state index in [-0.39, 0.29) is 6.04 Å². The molecule has 1 aromatic carbocycles. The van der Waals surface area contributed by atoms with Gasteiger partial charge in [-0.1, -0.05) is 6.07 Å². The van der Waals surface area contributed by atoms with Gasteiger partial charge in [0.05, 0.1) is 0 Å². The first-order chi connectivity index (χ1) is 7.09. The van der Waals surface area contributed by atoms with Gasteiger partial charge in [-0.3, -0.25) is 0 Å². The van der Waals surface area contributed by atoms with E-state index in [0.717, 1.165) is 36.2 Å². The van der Waals surface area contributed by atoms with Crippen LogP contribution in [0.1, 0.15) is 18.1 Å². The van der Waals surface area contributed by atoms with Crippen molar-refractivity contribution in [2.75, 3.05) is 18.5 Å². The number of nitrogens with two attached hydrogens (primary N) is 1. The van der Waals surface area contributed by atoms with E-state index in [9.17, 15) is 5.11 Å². The molecule has 0 saturated carbocycles. The number of hydrogen-bond donors (Lipinski definition) is 2. The van der Waals surface area contributed by atoms with E-state index in [2.05, 4.69) is 18.0 Å². The molecule has 0 radical (unpaired) electrons. The minimum atomic E-state index is 0.0908. The predicted molar refractivity (Wildman–Crippen MR) is 62.4 cm³/mol. The van der Waals surface area contributed by atoms with Crippen molar-refractivity contribution < 1.29 is 5.11 Å². The summed E-state index contributed by atoms with van der Waals surface area (Å²) in [4.78, 5) is 2.17. The Labute approximate surface area is 90.5 Å². The van der Waals surface area contributed by atoms with E-state index >= 15 is 0 Å². The highest BCUT2D eigenvalue weighted by molar-refractivity contribution is 5.64. The van der Waals surface area contributed by atoms with Gasteiger partial charge in [0.2, 0.25) is 0 Å². The number of nitrogens with zero attached hydrogens (tertiary/aromatic N) is 1. The van der Waals surface area contributed by atoms with E-state index in [1.165, 1.54) is 0 Å². The Kier molecular flexibility index (Phi) is 2.57. The molecule has 1 aliphatic rings. The SMILES string of the molecule is CC(N)Cc1ccc2c(c1O)CCN2C.